The van der Waals surface area contributed by atoms with Crippen LogP contribution in [0.15, 0.2) is 42.7 Å². The number of nitrogens with one attached hydrogen (secondary N) is 2. The van der Waals surface area contributed by atoms with Gasteiger partial charge in [0.25, 0.3) is 12.4 Å². The third-order valence-electron chi connectivity index (χ3n) is 5.02. The van der Waals surface area contributed by atoms with Crippen LogP contribution in [0.5, 0.6) is 5.75 Å². The fraction of sp³-hybridized carbons (Fsp3) is 0.160. The Labute approximate surface area is 240 Å². The Balaban J connectivity index is 0.00000169. The summed E-state index contributed by atoms with van der Waals surface area (Å²) in [5.41, 5.74) is 6.25. The number of pyridine rings is 1. The van der Waals surface area contributed by atoms with Gasteiger partial charge in [-0.05, 0) is 29.8 Å². The monoisotopic (exact) mass is 591 g/mol. The zero-order chi connectivity index (χ0) is 32.4. The molecule has 214 valence electrons. The zero-order valence-corrected chi connectivity index (χ0v) is 21.8. The number of ether oxygens (including phenoxy) is 2. The van der Waals surface area contributed by atoms with E-state index in [0.29, 0.717) is 11.1 Å². The third kappa shape index (κ3) is 8.00. The molecule has 0 radical (unpaired) electrons. The molecule has 0 bridgehead atoms. The SMILES string of the molecule is O=CO.[2H]C([2H])([2H])NC(=O)c1nnc(Cl)cc1Nc1cc(COCc2nc(N)ccc2F)cc(-c2ncc(F)cn2)c1OC. The van der Waals surface area contributed by atoms with E-state index in [0.717, 1.165) is 12.4 Å². The van der Waals surface area contributed by atoms with Crippen molar-refractivity contribution in [3.8, 4) is 17.1 Å². The summed E-state index contributed by atoms with van der Waals surface area (Å²) >= 11 is 6.01. The van der Waals surface area contributed by atoms with Crippen molar-refractivity contribution in [3.05, 3.63) is 76.5 Å². The lowest BCUT2D eigenvalue weighted by atomic mass is 10.1. The number of nitrogens with zero attached hydrogens (tertiary/aromatic N) is 5. The van der Waals surface area contributed by atoms with Crippen LogP contribution < -0.4 is 21.1 Å². The molecule has 0 saturated carbocycles. The first-order chi connectivity index (χ1) is 20.8. The fourth-order valence-electron chi connectivity index (χ4n) is 3.41. The van der Waals surface area contributed by atoms with Gasteiger partial charge in [-0.3, -0.25) is 9.59 Å². The minimum atomic E-state index is -2.80. The van der Waals surface area contributed by atoms with Crippen LogP contribution in [0.3, 0.4) is 0 Å². The number of hydrogen-bond donors (Lipinski definition) is 4. The molecule has 3 heterocycles. The normalized spacial score (nSPS) is 11.7. The third-order valence-corrected chi connectivity index (χ3v) is 5.21. The number of anilines is 3. The van der Waals surface area contributed by atoms with Crippen molar-refractivity contribution >= 4 is 41.2 Å². The first-order valence-electron chi connectivity index (χ1n) is 12.7. The van der Waals surface area contributed by atoms with E-state index < -0.39 is 24.5 Å². The highest BCUT2D eigenvalue weighted by molar-refractivity contribution is 6.29. The number of nitrogen functional groups attached to an aromatic ring is 1. The van der Waals surface area contributed by atoms with Crippen LogP contribution in [0.25, 0.3) is 11.4 Å². The van der Waals surface area contributed by atoms with Crippen LogP contribution in [0.1, 0.15) is 25.9 Å². The van der Waals surface area contributed by atoms with E-state index in [1.807, 2.05) is 5.32 Å². The van der Waals surface area contributed by atoms with E-state index in [1.54, 1.807) is 12.1 Å². The van der Waals surface area contributed by atoms with Crippen LogP contribution >= 0.6 is 11.6 Å². The van der Waals surface area contributed by atoms with E-state index in [4.69, 9.17) is 40.8 Å². The summed E-state index contributed by atoms with van der Waals surface area (Å²) in [6.45, 7) is -3.34. The molecule has 3 aromatic heterocycles. The molecule has 0 spiro atoms. The summed E-state index contributed by atoms with van der Waals surface area (Å²) < 4.78 is 60.9. The van der Waals surface area contributed by atoms with Crippen LogP contribution in [0.2, 0.25) is 5.15 Å². The van der Waals surface area contributed by atoms with Crippen molar-refractivity contribution in [3.63, 3.8) is 0 Å². The van der Waals surface area contributed by atoms with E-state index >= 15 is 0 Å². The number of amides is 1. The van der Waals surface area contributed by atoms with Gasteiger partial charge in [-0.15, -0.1) is 10.2 Å². The minimum Gasteiger partial charge on any atom is -0.494 e. The van der Waals surface area contributed by atoms with Gasteiger partial charge in [-0.25, -0.2) is 23.7 Å². The lowest BCUT2D eigenvalue weighted by Crippen LogP contribution is -2.21. The maximum absolute atomic E-state index is 14.1. The van der Waals surface area contributed by atoms with Crippen molar-refractivity contribution in [2.24, 2.45) is 0 Å². The number of benzene rings is 1. The van der Waals surface area contributed by atoms with Crippen LogP contribution in [0, 0.1) is 11.6 Å². The van der Waals surface area contributed by atoms with Crippen molar-refractivity contribution < 1.29 is 37.1 Å². The average Bonchev–Trinajstić information content (AvgIpc) is 2.94. The summed E-state index contributed by atoms with van der Waals surface area (Å²) in [6, 6.07) is 6.94. The maximum Gasteiger partial charge on any atom is 0.290 e. The second kappa shape index (κ2) is 14.4. The number of carboxylic acid groups (broad SMARTS) is 1. The summed E-state index contributed by atoms with van der Waals surface area (Å²) in [5, 5.41) is 18.9. The molecular weight excluding hydrogens is 566 g/mol. The molecule has 1 amide bonds. The molecule has 0 fully saturated rings. The van der Waals surface area contributed by atoms with Crippen molar-refractivity contribution in [2.45, 2.75) is 13.2 Å². The van der Waals surface area contributed by atoms with Gasteiger partial charge in [-0.1, -0.05) is 11.6 Å². The molecule has 0 aliphatic carbocycles. The number of nitrogens with two attached hydrogens (primary N) is 1. The molecule has 13 nitrogen and oxygen atoms in total. The molecule has 41 heavy (non-hydrogen) atoms. The Bertz CT molecular complexity index is 1640. The number of halogens is 3. The zero-order valence-electron chi connectivity index (χ0n) is 24.1. The van der Waals surface area contributed by atoms with Crippen LogP contribution in [-0.4, -0.2) is 56.7 Å². The summed E-state index contributed by atoms with van der Waals surface area (Å²) in [4.78, 5) is 33.0. The van der Waals surface area contributed by atoms with Crippen molar-refractivity contribution in [1.82, 2.24) is 30.5 Å². The largest absolute Gasteiger partial charge is 0.494 e. The predicted octanol–water partition coefficient (Wildman–Crippen LogP) is 3.37. The van der Waals surface area contributed by atoms with E-state index in [9.17, 15) is 13.6 Å². The fourth-order valence-corrected chi connectivity index (χ4v) is 3.55. The number of carbonyl (C=O) groups is 2. The van der Waals surface area contributed by atoms with E-state index in [1.165, 1.54) is 25.3 Å². The molecule has 0 saturated heterocycles. The van der Waals surface area contributed by atoms with Gasteiger partial charge in [0.2, 0.25) is 0 Å². The Morgan fingerprint density at radius 3 is 2.59 bits per heavy atom. The highest BCUT2D eigenvalue weighted by Gasteiger charge is 2.20. The lowest BCUT2D eigenvalue weighted by Gasteiger charge is -2.18. The molecule has 0 atom stereocenters. The minimum absolute atomic E-state index is 0.00126. The number of rotatable bonds is 9. The van der Waals surface area contributed by atoms with Gasteiger partial charge in [-0.2, -0.15) is 0 Å². The number of aromatic nitrogens is 5. The number of hydrogen-bond acceptors (Lipinski definition) is 11. The summed E-state index contributed by atoms with van der Waals surface area (Å²) in [7, 11) is 1.36. The first-order valence-corrected chi connectivity index (χ1v) is 11.6. The Morgan fingerprint density at radius 1 is 1.17 bits per heavy atom. The quantitative estimate of drug-likeness (QED) is 0.208. The lowest BCUT2D eigenvalue weighted by molar-refractivity contribution is -0.122. The highest BCUT2D eigenvalue weighted by Crippen LogP contribution is 2.39. The van der Waals surface area contributed by atoms with E-state index in [-0.39, 0.29) is 65.0 Å². The van der Waals surface area contributed by atoms with Gasteiger partial charge < -0.3 is 30.9 Å². The molecule has 0 aliphatic heterocycles. The van der Waals surface area contributed by atoms with Gasteiger partial charge in [0.1, 0.15) is 17.3 Å². The molecule has 0 unspecified atom stereocenters. The second-order valence-electron chi connectivity index (χ2n) is 7.72. The van der Waals surface area contributed by atoms with Gasteiger partial charge in [0.05, 0.1) is 49.7 Å². The molecule has 1 aromatic carbocycles. The van der Waals surface area contributed by atoms with Crippen LogP contribution in [-0.2, 0) is 22.7 Å². The Kier molecular flexibility index (Phi) is 9.20. The maximum atomic E-state index is 14.1. The molecular formula is C25H23ClF2N8O5. The first kappa shape index (κ1) is 26.2. The molecule has 4 aromatic rings. The van der Waals surface area contributed by atoms with Gasteiger partial charge in [0, 0.05) is 17.2 Å². The Hall–Kier alpha value is -5.02. The van der Waals surface area contributed by atoms with Crippen molar-refractivity contribution in [1.29, 1.82) is 0 Å². The van der Waals surface area contributed by atoms with Crippen LogP contribution in [0.4, 0.5) is 26.0 Å². The van der Waals surface area contributed by atoms with Gasteiger partial charge in [0.15, 0.2) is 28.2 Å². The molecule has 16 heteroatoms. The standard InChI is InChI=1S/C24H21ClF2N8O3.CH2O2/c1-29-24(36)21-16(7-19(25)34-35-21)32-17-6-12(10-38-11-18-15(27)3-4-20(28)33-18)5-14(22(17)37-2)23-30-8-13(26)9-31-23;2-1-3/h3-9H,10-11H2,1-2H3,(H2,28,33)(H,29,36)(H,32,34);1H,(H,2,3)/i1D3;. The molecule has 0 aliphatic rings. The molecule has 4 rings (SSSR count). The topological polar surface area (TPSA) is 187 Å². The number of methoxy groups -OCH3 is 1. The number of carbonyl (C=O) groups excluding carboxylic acids is 1. The second-order valence-corrected chi connectivity index (χ2v) is 8.11. The highest BCUT2D eigenvalue weighted by atomic mass is 35.5. The van der Waals surface area contributed by atoms with E-state index in [2.05, 4.69) is 30.5 Å². The Morgan fingerprint density at radius 2 is 1.90 bits per heavy atom. The molecule has 5 N–H and O–H groups in total. The summed E-state index contributed by atoms with van der Waals surface area (Å²) in [5.74, 6) is -1.93. The van der Waals surface area contributed by atoms with Crippen molar-refractivity contribution in [2.75, 3.05) is 25.1 Å². The smallest absolute Gasteiger partial charge is 0.290 e. The predicted molar refractivity (Wildman–Crippen MR) is 143 cm³/mol. The van der Waals surface area contributed by atoms with Gasteiger partial charge >= 0.3 is 0 Å². The average molecular weight is 592 g/mol. The summed E-state index contributed by atoms with van der Waals surface area (Å²) in [6.07, 6.45) is 1.94.